The molecule has 106 valence electrons. The molecule has 0 saturated heterocycles. The second kappa shape index (κ2) is 4.77. The van der Waals surface area contributed by atoms with Gasteiger partial charge in [-0.2, -0.15) is 0 Å². The van der Waals surface area contributed by atoms with Gasteiger partial charge in [0, 0.05) is 13.1 Å². The predicted molar refractivity (Wildman–Crippen MR) is 82.3 cm³/mol. The second-order valence-corrected chi connectivity index (χ2v) is 5.39. The van der Waals surface area contributed by atoms with Gasteiger partial charge < -0.3 is 10.6 Å². The van der Waals surface area contributed by atoms with Crippen LogP contribution in [0.4, 0.5) is 11.4 Å². The van der Waals surface area contributed by atoms with E-state index in [1.165, 1.54) is 11.1 Å². The maximum atomic E-state index is 5.92. The smallest absolute Gasteiger partial charge is 0.160 e. The first-order valence-corrected chi connectivity index (χ1v) is 7.15. The summed E-state index contributed by atoms with van der Waals surface area (Å²) in [4.78, 5) is 2.34. The summed E-state index contributed by atoms with van der Waals surface area (Å²) >= 11 is 0. The molecule has 0 fully saturated rings. The number of hydrogen-bond donors (Lipinski definition) is 1. The van der Waals surface area contributed by atoms with E-state index >= 15 is 0 Å². The molecule has 0 aliphatic carbocycles. The maximum Gasteiger partial charge on any atom is 0.160 e. The van der Waals surface area contributed by atoms with E-state index in [9.17, 15) is 0 Å². The summed E-state index contributed by atoms with van der Waals surface area (Å²) < 4.78 is 4.86. The summed E-state index contributed by atoms with van der Waals surface area (Å²) in [5, 5.41) is 7.93. The molecule has 0 amide bonds. The highest BCUT2D eigenvalue weighted by Crippen LogP contribution is 2.29. The van der Waals surface area contributed by atoms with E-state index in [0.717, 1.165) is 37.1 Å². The number of nitrogens with two attached hydrogens (primary N) is 1. The van der Waals surface area contributed by atoms with Crippen LogP contribution in [0.5, 0.6) is 0 Å². The fourth-order valence-corrected chi connectivity index (χ4v) is 3.04. The zero-order valence-electron chi connectivity index (χ0n) is 11.6. The van der Waals surface area contributed by atoms with Gasteiger partial charge in [-0.05, 0) is 46.4 Å². The molecule has 0 atom stereocenters. The number of anilines is 2. The van der Waals surface area contributed by atoms with Crippen LogP contribution >= 0.6 is 0 Å². The number of aromatic nitrogens is 2. The Kier molecular flexibility index (Phi) is 2.77. The Morgan fingerprint density at radius 2 is 1.57 bits per heavy atom. The van der Waals surface area contributed by atoms with E-state index in [1.807, 2.05) is 12.1 Å². The summed E-state index contributed by atoms with van der Waals surface area (Å²) in [6, 6.07) is 12.5. The molecule has 0 unspecified atom stereocenters. The van der Waals surface area contributed by atoms with Crippen LogP contribution in [0.3, 0.4) is 0 Å². The monoisotopic (exact) mass is 280 g/mol. The molecule has 5 heteroatoms. The quantitative estimate of drug-likeness (QED) is 0.693. The Bertz CT molecular complexity index is 769. The zero-order valence-corrected chi connectivity index (χ0v) is 11.6. The standard InChI is InChI=1S/C16H16N4O/c17-13-5-6-14(16-15(13)18-21-19-16)20-9-7-11-3-1-2-4-12(11)8-10-20/h1-6H,7-10,17H2. The topological polar surface area (TPSA) is 68.2 Å². The third kappa shape index (κ3) is 2.01. The van der Waals surface area contributed by atoms with Crippen LogP contribution in [0.25, 0.3) is 11.0 Å². The predicted octanol–water partition coefficient (Wildman–Crippen LogP) is 2.41. The Morgan fingerprint density at radius 1 is 0.905 bits per heavy atom. The molecule has 4 rings (SSSR count). The molecule has 21 heavy (non-hydrogen) atoms. The van der Waals surface area contributed by atoms with Crippen LogP contribution in [0.2, 0.25) is 0 Å². The minimum atomic E-state index is 0.605. The summed E-state index contributed by atoms with van der Waals surface area (Å²) in [6.45, 7) is 1.92. The number of benzene rings is 2. The molecule has 0 bridgehead atoms. The lowest BCUT2D eigenvalue weighted by molar-refractivity contribution is 0.315. The van der Waals surface area contributed by atoms with Crippen molar-refractivity contribution >= 4 is 22.4 Å². The van der Waals surface area contributed by atoms with E-state index in [0.29, 0.717) is 11.2 Å². The van der Waals surface area contributed by atoms with Crippen LogP contribution in [-0.2, 0) is 12.8 Å². The van der Waals surface area contributed by atoms with Crippen LogP contribution < -0.4 is 10.6 Å². The van der Waals surface area contributed by atoms with Crippen molar-refractivity contribution in [1.29, 1.82) is 0 Å². The van der Waals surface area contributed by atoms with Gasteiger partial charge in [0.25, 0.3) is 0 Å². The molecule has 0 spiro atoms. The molecular weight excluding hydrogens is 264 g/mol. The molecule has 0 radical (unpaired) electrons. The van der Waals surface area contributed by atoms with Crippen molar-refractivity contribution in [3.63, 3.8) is 0 Å². The molecular formula is C16H16N4O. The molecule has 3 aromatic rings. The fourth-order valence-electron chi connectivity index (χ4n) is 3.04. The summed E-state index contributed by atoms with van der Waals surface area (Å²) in [5.41, 5.74) is 11.8. The molecule has 5 nitrogen and oxygen atoms in total. The van der Waals surface area contributed by atoms with Gasteiger partial charge in [-0.15, -0.1) is 0 Å². The Morgan fingerprint density at radius 3 is 2.29 bits per heavy atom. The van der Waals surface area contributed by atoms with Gasteiger partial charge in [0.1, 0.15) is 0 Å². The molecule has 2 heterocycles. The number of fused-ring (bicyclic) bond motifs is 2. The number of rotatable bonds is 1. The maximum absolute atomic E-state index is 5.92. The Balaban J connectivity index is 1.71. The van der Waals surface area contributed by atoms with Gasteiger partial charge in [0.15, 0.2) is 11.0 Å². The van der Waals surface area contributed by atoms with Gasteiger partial charge >= 0.3 is 0 Å². The SMILES string of the molecule is Nc1ccc(N2CCc3ccccc3CC2)c2nonc12. The zero-order chi connectivity index (χ0) is 14.2. The van der Waals surface area contributed by atoms with Gasteiger partial charge in [0.2, 0.25) is 0 Å². The van der Waals surface area contributed by atoms with Gasteiger partial charge in [0.05, 0.1) is 11.4 Å². The van der Waals surface area contributed by atoms with Crippen molar-refractivity contribution in [2.24, 2.45) is 0 Å². The highest BCUT2D eigenvalue weighted by Gasteiger charge is 2.18. The van der Waals surface area contributed by atoms with Gasteiger partial charge in [-0.25, -0.2) is 4.63 Å². The third-order valence-electron chi connectivity index (χ3n) is 4.19. The Hall–Kier alpha value is -2.56. The lowest BCUT2D eigenvalue weighted by atomic mass is 10.0. The van der Waals surface area contributed by atoms with Crippen molar-refractivity contribution in [3.8, 4) is 0 Å². The highest BCUT2D eigenvalue weighted by atomic mass is 16.6. The van der Waals surface area contributed by atoms with Gasteiger partial charge in [-0.3, -0.25) is 0 Å². The summed E-state index contributed by atoms with van der Waals surface area (Å²) in [5.74, 6) is 0. The molecule has 0 saturated carbocycles. The van der Waals surface area contributed by atoms with Crippen molar-refractivity contribution < 1.29 is 4.63 Å². The minimum absolute atomic E-state index is 0.605. The molecule has 1 aliphatic rings. The Labute approximate surface area is 122 Å². The fraction of sp³-hybridized carbons (Fsp3) is 0.250. The second-order valence-electron chi connectivity index (χ2n) is 5.39. The van der Waals surface area contributed by atoms with E-state index in [-0.39, 0.29) is 0 Å². The van der Waals surface area contributed by atoms with Crippen LogP contribution in [0.15, 0.2) is 41.0 Å². The van der Waals surface area contributed by atoms with Crippen molar-refractivity contribution in [2.45, 2.75) is 12.8 Å². The van der Waals surface area contributed by atoms with Crippen molar-refractivity contribution in [3.05, 3.63) is 47.5 Å². The average molecular weight is 280 g/mol. The lowest BCUT2D eigenvalue weighted by Gasteiger charge is -2.22. The molecule has 1 aliphatic heterocycles. The summed E-state index contributed by atoms with van der Waals surface area (Å²) in [6.07, 6.45) is 2.07. The van der Waals surface area contributed by atoms with Crippen LogP contribution in [0, 0.1) is 0 Å². The molecule has 1 aromatic heterocycles. The van der Waals surface area contributed by atoms with E-state index in [4.69, 9.17) is 10.4 Å². The summed E-state index contributed by atoms with van der Waals surface area (Å²) in [7, 11) is 0. The average Bonchev–Trinajstić information content (AvgIpc) is 2.91. The molecule has 2 N–H and O–H groups in total. The van der Waals surface area contributed by atoms with Gasteiger partial charge in [-0.1, -0.05) is 24.3 Å². The van der Waals surface area contributed by atoms with Crippen molar-refractivity contribution in [2.75, 3.05) is 23.7 Å². The normalized spacial score (nSPS) is 15.0. The minimum Gasteiger partial charge on any atom is -0.397 e. The van der Waals surface area contributed by atoms with Crippen LogP contribution in [-0.4, -0.2) is 23.4 Å². The number of nitrogens with zero attached hydrogens (tertiary/aromatic N) is 3. The first kappa shape index (κ1) is 12.2. The first-order valence-electron chi connectivity index (χ1n) is 7.15. The number of hydrogen-bond acceptors (Lipinski definition) is 5. The third-order valence-corrected chi connectivity index (χ3v) is 4.19. The lowest BCUT2D eigenvalue weighted by Crippen LogP contribution is -2.26. The first-order chi connectivity index (χ1) is 10.3. The van der Waals surface area contributed by atoms with E-state index < -0.39 is 0 Å². The largest absolute Gasteiger partial charge is 0.397 e. The van der Waals surface area contributed by atoms with E-state index in [2.05, 4.69) is 39.5 Å². The van der Waals surface area contributed by atoms with Crippen molar-refractivity contribution in [1.82, 2.24) is 10.3 Å². The number of nitrogen functional groups attached to an aromatic ring is 1. The van der Waals surface area contributed by atoms with Crippen LogP contribution in [0.1, 0.15) is 11.1 Å². The van der Waals surface area contributed by atoms with E-state index in [1.54, 1.807) is 0 Å². The highest BCUT2D eigenvalue weighted by molar-refractivity contribution is 5.95. The molecule has 2 aromatic carbocycles.